The van der Waals surface area contributed by atoms with Crippen LogP contribution in [0, 0.1) is 0 Å². The highest BCUT2D eigenvalue weighted by atomic mass is 16.3. The van der Waals surface area contributed by atoms with Gasteiger partial charge in [-0.2, -0.15) is 0 Å². The normalized spacial score (nSPS) is 36.5. The lowest BCUT2D eigenvalue weighted by molar-refractivity contribution is -0.0681. The average Bonchev–Trinajstić information content (AvgIpc) is 2.05. The van der Waals surface area contributed by atoms with E-state index in [1.54, 1.807) is 0 Å². The molecule has 0 aromatic rings. The van der Waals surface area contributed by atoms with Crippen LogP contribution in [0.2, 0.25) is 0 Å². The van der Waals surface area contributed by atoms with E-state index in [2.05, 4.69) is 16.7 Å². The van der Waals surface area contributed by atoms with Crippen LogP contribution in [0.5, 0.6) is 0 Å². The first-order valence-electron chi connectivity index (χ1n) is 4.94. The van der Waals surface area contributed by atoms with Gasteiger partial charge in [0.15, 0.2) is 0 Å². The summed E-state index contributed by atoms with van der Waals surface area (Å²) in [6.45, 7) is 6.95. The third-order valence-electron chi connectivity index (χ3n) is 3.20. The molecule has 3 aliphatic rings. The SMILES string of the molecule is CCN1C2CC1CN(CCO)C2. The summed E-state index contributed by atoms with van der Waals surface area (Å²) >= 11 is 0. The predicted molar refractivity (Wildman–Crippen MR) is 48.1 cm³/mol. The fourth-order valence-corrected chi connectivity index (χ4v) is 2.61. The van der Waals surface area contributed by atoms with Gasteiger partial charge in [0.1, 0.15) is 0 Å². The van der Waals surface area contributed by atoms with E-state index in [0.717, 1.165) is 18.6 Å². The maximum absolute atomic E-state index is 8.79. The molecular weight excluding hydrogens is 152 g/mol. The van der Waals surface area contributed by atoms with Crippen molar-refractivity contribution >= 4 is 0 Å². The molecule has 3 heterocycles. The van der Waals surface area contributed by atoms with Crippen molar-refractivity contribution in [2.45, 2.75) is 25.4 Å². The molecule has 1 N–H and O–H groups in total. The van der Waals surface area contributed by atoms with E-state index in [4.69, 9.17) is 5.11 Å². The molecule has 0 aromatic carbocycles. The standard InChI is InChI=1S/C9H18N2O/c1-2-11-8-5-9(11)7-10(6-8)3-4-12/h8-9,12H,2-7H2,1H3. The summed E-state index contributed by atoms with van der Waals surface area (Å²) in [5.41, 5.74) is 0. The van der Waals surface area contributed by atoms with Crippen LogP contribution in [0.1, 0.15) is 13.3 Å². The maximum Gasteiger partial charge on any atom is 0.0558 e. The van der Waals surface area contributed by atoms with Gasteiger partial charge in [-0.05, 0) is 13.0 Å². The topological polar surface area (TPSA) is 26.7 Å². The van der Waals surface area contributed by atoms with E-state index in [1.165, 1.54) is 26.1 Å². The van der Waals surface area contributed by atoms with E-state index in [9.17, 15) is 0 Å². The fraction of sp³-hybridized carbons (Fsp3) is 1.00. The number of piperidine rings is 1. The summed E-state index contributed by atoms with van der Waals surface area (Å²) in [4.78, 5) is 4.96. The lowest BCUT2D eigenvalue weighted by Crippen LogP contribution is -2.68. The molecule has 3 heteroatoms. The average molecular weight is 170 g/mol. The molecule has 0 amide bonds. The molecule has 3 aliphatic heterocycles. The molecule has 2 atom stereocenters. The van der Waals surface area contributed by atoms with Crippen LogP contribution in [-0.2, 0) is 0 Å². The Kier molecular flexibility index (Phi) is 2.35. The minimum absolute atomic E-state index is 0.311. The van der Waals surface area contributed by atoms with Gasteiger partial charge in [-0.3, -0.25) is 9.80 Å². The molecule has 0 saturated carbocycles. The molecule has 3 fully saturated rings. The highest BCUT2D eigenvalue weighted by Crippen LogP contribution is 2.31. The minimum Gasteiger partial charge on any atom is -0.395 e. The summed E-state index contributed by atoms with van der Waals surface area (Å²) in [6, 6.07) is 1.58. The number of likely N-dealkylation sites (N-methyl/N-ethyl adjacent to an activating group) is 1. The summed E-state index contributed by atoms with van der Waals surface area (Å²) in [6.07, 6.45) is 1.38. The fourth-order valence-electron chi connectivity index (χ4n) is 2.61. The number of aliphatic hydroxyl groups excluding tert-OH is 1. The molecule has 3 rings (SSSR count). The van der Waals surface area contributed by atoms with Gasteiger partial charge in [-0.25, -0.2) is 0 Å². The second-order valence-electron chi connectivity index (χ2n) is 3.86. The van der Waals surface area contributed by atoms with E-state index < -0.39 is 0 Å². The highest BCUT2D eigenvalue weighted by molar-refractivity contribution is 4.99. The van der Waals surface area contributed by atoms with E-state index in [-0.39, 0.29) is 0 Å². The molecule has 70 valence electrons. The molecule has 12 heavy (non-hydrogen) atoms. The first-order valence-corrected chi connectivity index (χ1v) is 4.94. The first kappa shape index (κ1) is 8.48. The summed E-state index contributed by atoms with van der Waals surface area (Å²) in [7, 11) is 0. The van der Waals surface area contributed by atoms with Gasteiger partial charge in [0.05, 0.1) is 6.61 Å². The van der Waals surface area contributed by atoms with Crippen molar-refractivity contribution in [2.24, 2.45) is 0 Å². The van der Waals surface area contributed by atoms with Crippen LogP contribution in [-0.4, -0.2) is 59.8 Å². The summed E-state index contributed by atoms with van der Waals surface area (Å²) in [5, 5.41) is 8.79. The predicted octanol–water partition coefficient (Wildman–Crippen LogP) is -0.243. The van der Waals surface area contributed by atoms with E-state index in [1.807, 2.05) is 0 Å². The second kappa shape index (κ2) is 3.32. The lowest BCUT2D eigenvalue weighted by atomic mass is 9.87. The van der Waals surface area contributed by atoms with Gasteiger partial charge in [0.2, 0.25) is 0 Å². The van der Waals surface area contributed by atoms with Gasteiger partial charge in [0, 0.05) is 31.7 Å². The summed E-state index contributed by atoms with van der Waals surface area (Å²) < 4.78 is 0. The van der Waals surface area contributed by atoms with Gasteiger partial charge >= 0.3 is 0 Å². The van der Waals surface area contributed by atoms with E-state index >= 15 is 0 Å². The molecule has 3 nitrogen and oxygen atoms in total. The molecule has 3 saturated heterocycles. The molecule has 2 bridgehead atoms. The minimum atomic E-state index is 0.311. The lowest BCUT2D eigenvalue weighted by Gasteiger charge is -2.56. The largest absolute Gasteiger partial charge is 0.395 e. The Hall–Kier alpha value is -0.120. The van der Waals surface area contributed by atoms with Crippen molar-refractivity contribution in [3.05, 3.63) is 0 Å². The Morgan fingerprint density at radius 3 is 2.50 bits per heavy atom. The van der Waals surface area contributed by atoms with Gasteiger partial charge < -0.3 is 5.11 Å². The smallest absolute Gasteiger partial charge is 0.0558 e. The van der Waals surface area contributed by atoms with Crippen LogP contribution in [0.4, 0.5) is 0 Å². The number of nitrogens with zero attached hydrogens (tertiary/aromatic N) is 2. The molecular formula is C9H18N2O. The van der Waals surface area contributed by atoms with E-state index in [0.29, 0.717) is 6.61 Å². The highest BCUT2D eigenvalue weighted by Gasteiger charge is 2.42. The number of rotatable bonds is 3. The van der Waals surface area contributed by atoms with Crippen molar-refractivity contribution < 1.29 is 5.11 Å². The van der Waals surface area contributed by atoms with Crippen molar-refractivity contribution in [3.8, 4) is 0 Å². The van der Waals surface area contributed by atoms with Crippen molar-refractivity contribution in [1.82, 2.24) is 9.80 Å². The van der Waals surface area contributed by atoms with Crippen LogP contribution < -0.4 is 0 Å². The van der Waals surface area contributed by atoms with Crippen LogP contribution >= 0.6 is 0 Å². The zero-order valence-electron chi connectivity index (χ0n) is 7.74. The van der Waals surface area contributed by atoms with Gasteiger partial charge in [-0.15, -0.1) is 0 Å². The Morgan fingerprint density at radius 2 is 2.00 bits per heavy atom. The second-order valence-corrected chi connectivity index (χ2v) is 3.86. The summed E-state index contributed by atoms with van der Waals surface area (Å²) in [5.74, 6) is 0. The number of fused-ring (bicyclic) bond motifs is 2. The molecule has 0 aromatic heterocycles. The zero-order chi connectivity index (χ0) is 8.55. The van der Waals surface area contributed by atoms with Crippen molar-refractivity contribution in [3.63, 3.8) is 0 Å². The van der Waals surface area contributed by atoms with Gasteiger partial charge in [-0.1, -0.05) is 6.92 Å². The van der Waals surface area contributed by atoms with Gasteiger partial charge in [0.25, 0.3) is 0 Å². The quantitative estimate of drug-likeness (QED) is 0.633. The van der Waals surface area contributed by atoms with Crippen LogP contribution in [0.25, 0.3) is 0 Å². The maximum atomic E-state index is 8.79. The Bertz CT molecular complexity index is 147. The number of hydrogen-bond donors (Lipinski definition) is 1. The third kappa shape index (κ3) is 1.26. The number of hydrogen-bond acceptors (Lipinski definition) is 3. The molecule has 0 aliphatic carbocycles. The third-order valence-corrected chi connectivity index (χ3v) is 3.20. The first-order chi connectivity index (χ1) is 5.85. The Balaban J connectivity index is 1.84. The molecule has 0 spiro atoms. The molecule has 0 radical (unpaired) electrons. The van der Waals surface area contributed by atoms with Crippen LogP contribution in [0.3, 0.4) is 0 Å². The zero-order valence-corrected chi connectivity index (χ0v) is 7.74. The molecule has 2 unspecified atom stereocenters. The van der Waals surface area contributed by atoms with Crippen molar-refractivity contribution in [1.29, 1.82) is 0 Å². The van der Waals surface area contributed by atoms with Crippen LogP contribution in [0.15, 0.2) is 0 Å². The van der Waals surface area contributed by atoms with Crippen molar-refractivity contribution in [2.75, 3.05) is 32.8 Å². The monoisotopic (exact) mass is 170 g/mol. The number of piperazine rings is 1. The number of aliphatic hydroxyl groups is 1. The Labute approximate surface area is 74.0 Å². The Morgan fingerprint density at radius 1 is 1.33 bits per heavy atom.